The number of methoxy groups -OCH3 is 1. The van der Waals surface area contributed by atoms with Crippen molar-refractivity contribution in [1.82, 2.24) is 0 Å². The SMILES string of the molecule is COc1ccc(C(C)=O)cc1CSCC(=O)Nc1ccc(C)cc1C. The fraction of sp³-hybridized carbons (Fsp3) is 0.300. The van der Waals surface area contributed by atoms with Gasteiger partial charge in [-0.05, 0) is 50.6 Å². The number of aryl methyl sites for hydroxylation is 2. The lowest BCUT2D eigenvalue weighted by molar-refractivity contribution is -0.113. The second-order valence-electron chi connectivity index (χ2n) is 5.94. The van der Waals surface area contributed by atoms with Crippen molar-refractivity contribution in [1.29, 1.82) is 0 Å². The molecule has 2 aromatic carbocycles. The van der Waals surface area contributed by atoms with E-state index in [1.165, 1.54) is 24.2 Å². The first kappa shape index (κ1) is 19.1. The zero-order valence-electron chi connectivity index (χ0n) is 15.0. The number of ether oxygens (including phenoxy) is 1. The van der Waals surface area contributed by atoms with Gasteiger partial charge < -0.3 is 10.1 Å². The van der Waals surface area contributed by atoms with Crippen LogP contribution in [-0.4, -0.2) is 24.6 Å². The Morgan fingerprint density at radius 1 is 1.12 bits per heavy atom. The number of nitrogens with one attached hydrogen (secondary N) is 1. The van der Waals surface area contributed by atoms with E-state index in [1.54, 1.807) is 19.2 Å². The first-order valence-corrected chi connectivity index (χ1v) is 9.19. The number of carbonyl (C=O) groups is 2. The van der Waals surface area contributed by atoms with Gasteiger partial charge in [0, 0.05) is 22.6 Å². The molecule has 1 amide bonds. The molecule has 0 saturated carbocycles. The van der Waals surface area contributed by atoms with Crippen molar-refractivity contribution < 1.29 is 14.3 Å². The number of hydrogen-bond acceptors (Lipinski definition) is 4. The Bertz CT molecular complexity index is 787. The second kappa shape index (κ2) is 8.72. The highest BCUT2D eigenvalue weighted by molar-refractivity contribution is 7.99. The summed E-state index contributed by atoms with van der Waals surface area (Å²) >= 11 is 1.49. The maximum absolute atomic E-state index is 12.2. The van der Waals surface area contributed by atoms with Gasteiger partial charge in [0.1, 0.15) is 5.75 Å². The number of benzene rings is 2. The predicted molar refractivity (Wildman–Crippen MR) is 104 cm³/mol. The van der Waals surface area contributed by atoms with Crippen molar-refractivity contribution in [2.45, 2.75) is 26.5 Å². The van der Waals surface area contributed by atoms with Gasteiger partial charge in [-0.25, -0.2) is 0 Å². The summed E-state index contributed by atoms with van der Waals surface area (Å²) in [6.07, 6.45) is 0. The lowest BCUT2D eigenvalue weighted by Gasteiger charge is -2.11. The minimum absolute atomic E-state index is 0.0153. The van der Waals surface area contributed by atoms with Crippen molar-refractivity contribution in [2.75, 3.05) is 18.2 Å². The Balaban J connectivity index is 1.94. The Morgan fingerprint density at radius 3 is 2.52 bits per heavy atom. The van der Waals surface area contributed by atoms with Crippen LogP contribution in [0.2, 0.25) is 0 Å². The van der Waals surface area contributed by atoms with Gasteiger partial charge in [0.15, 0.2) is 5.78 Å². The molecule has 0 aliphatic heterocycles. The Labute approximate surface area is 153 Å². The van der Waals surface area contributed by atoms with Gasteiger partial charge in [0.05, 0.1) is 12.9 Å². The third-order valence-electron chi connectivity index (χ3n) is 3.83. The van der Waals surface area contributed by atoms with Crippen molar-refractivity contribution in [3.05, 3.63) is 58.7 Å². The molecule has 25 heavy (non-hydrogen) atoms. The van der Waals surface area contributed by atoms with E-state index in [1.807, 2.05) is 38.1 Å². The van der Waals surface area contributed by atoms with Gasteiger partial charge in [-0.15, -0.1) is 11.8 Å². The van der Waals surface area contributed by atoms with E-state index in [9.17, 15) is 9.59 Å². The van der Waals surface area contributed by atoms with Gasteiger partial charge in [-0.1, -0.05) is 17.7 Å². The van der Waals surface area contributed by atoms with Crippen LogP contribution in [-0.2, 0) is 10.5 Å². The number of ketones is 1. The normalized spacial score (nSPS) is 10.4. The third-order valence-corrected chi connectivity index (χ3v) is 4.82. The number of carbonyl (C=O) groups excluding carboxylic acids is 2. The molecule has 0 unspecified atom stereocenters. The highest BCUT2D eigenvalue weighted by Gasteiger charge is 2.10. The molecule has 0 bridgehead atoms. The van der Waals surface area contributed by atoms with Crippen LogP contribution in [0, 0.1) is 13.8 Å². The maximum Gasteiger partial charge on any atom is 0.234 e. The summed E-state index contributed by atoms with van der Waals surface area (Å²) in [6.45, 7) is 5.54. The van der Waals surface area contributed by atoms with Gasteiger partial charge >= 0.3 is 0 Å². The first-order valence-electron chi connectivity index (χ1n) is 8.03. The third kappa shape index (κ3) is 5.36. The van der Waals surface area contributed by atoms with E-state index in [2.05, 4.69) is 5.32 Å². The highest BCUT2D eigenvalue weighted by atomic mass is 32.2. The van der Waals surface area contributed by atoms with Crippen LogP contribution >= 0.6 is 11.8 Å². The fourth-order valence-electron chi connectivity index (χ4n) is 2.50. The summed E-state index contributed by atoms with van der Waals surface area (Å²) in [4.78, 5) is 23.7. The van der Waals surface area contributed by atoms with Crippen LogP contribution in [0.4, 0.5) is 5.69 Å². The molecule has 0 heterocycles. The Kier molecular flexibility index (Phi) is 6.65. The molecule has 0 aliphatic rings. The topological polar surface area (TPSA) is 55.4 Å². The maximum atomic E-state index is 12.2. The van der Waals surface area contributed by atoms with E-state index in [4.69, 9.17) is 4.74 Å². The van der Waals surface area contributed by atoms with Gasteiger partial charge in [-0.2, -0.15) is 0 Å². The lowest BCUT2D eigenvalue weighted by atomic mass is 10.1. The van der Waals surface area contributed by atoms with Crippen molar-refractivity contribution in [3.8, 4) is 5.75 Å². The number of anilines is 1. The molecule has 132 valence electrons. The minimum atomic E-state index is -0.0429. The molecule has 0 saturated heterocycles. The molecule has 0 aliphatic carbocycles. The van der Waals surface area contributed by atoms with Crippen molar-refractivity contribution >= 4 is 29.1 Å². The quantitative estimate of drug-likeness (QED) is 0.747. The standard InChI is InChI=1S/C20H23NO3S/c1-13-5-7-18(14(2)9-13)21-20(23)12-25-11-17-10-16(15(3)22)6-8-19(17)24-4/h5-10H,11-12H2,1-4H3,(H,21,23). The molecule has 1 N–H and O–H groups in total. The Morgan fingerprint density at radius 2 is 1.88 bits per heavy atom. The molecule has 0 aromatic heterocycles. The summed E-state index contributed by atoms with van der Waals surface area (Å²) in [5.74, 6) is 1.64. The van der Waals surface area contributed by atoms with Crippen LogP contribution in [0.1, 0.15) is 34.0 Å². The monoisotopic (exact) mass is 357 g/mol. The lowest BCUT2D eigenvalue weighted by Crippen LogP contribution is -2.15. The van der Waals surface area contributed by atoms with Crippen LogP contribution < -0.4 is 10.1 Å². The molecular formula is C20H23NO3S. The number of rotatable bonds is 7. The molecular weight excluding hydrogens is 334 g/mol. The van der Waals surface area contributed by atoms with Crippen LogP contribution in [0.25, 0.3) is 0 Å². The first-order chi connectivity index (χ1) is 11.9. The molecule has 4 nitrogen and oxygen atoms in total. The number of thioether (sulfide) groups is 1. The summed E-state index contributed by atoms with van der Waals surface area (Å²) < 4.78 is 5.33. The van der Waals surface area contributed by atoms with Crippen molar-refractivity contribution in [2.24, 2.45) is 0 Å². The summed E-state index contributed by atoms with van der Waals surface area (Å²) in [5.41, 5.74) is 4.62. The summed E-state index contributed by atoms with van der Waals surface area (Å²) in [5, 5.41) is 2.94. The predicted octanol–water partition coefficient (Wildman–Crippen LogP) is 4.39. The van der Waals surface area contributed by atoms with E-state index >= 15 is 0 Å². The Hall–Kier alpha value is -2.27. The second-order valence-corrected chi connectivity index (χ2v) is 6.93. The molecule has 0 radical (unpaired) electrons. The summed E-state index contributed by atoms with van der Waals surface area (Å²) in [6, 6.07) is 11.3. The molecule has 2 aromatic rings. The van der Waals surface area contributed by atoms with Crippen LogP contribution in [0.15, 0.2) is 36.4 Å². The fourth-order valence-corrected chi connectivity index (χ4v) is 3.31. The molecule has 0 fully saturated rings. The van der Waals surface area contributed by atoms with Crippen LogP contribution in [0.5, 0.6) is 5.75 Å². The van der Waals surface area contributed by atoms with Gasteiger partial charge in [0.2, 0.25) is 5.91 Å². The minimum Gasteiger partial charge on any atom is -0.496 e. The van der Waals surface area contributed by atoms with Crippen molar-refractivity contribution in [3.63, 3.8) is 0 Å². The number of amides is 1. The van der Waals surface area contributed by atoms with Crippen LogP contribution in [0.3, 0.4) is 0 Å². The zero-order valence-corrected chi connectivity index (χ0v) is 15.8. The molecule has 2 rings (SSSR count). The average molecular weight is 357 g/mol. The highest BCUT2D eigenvalue weighted by Crippen LogP contribution is 2.25. The van der Waals surface area contributed by atoms with E-state index in [0.29, 0.717) is 17.1 Å². The molecule has 0 spiro atoms. The van der Waals surface area contributed by atoms with E-state index < -0.39 is 0 Å². The number of hydrogen-bond donors (Lipinski definition) is 1. The van der Waals surface area contributed by atoms with E-state index in [0.717, 1.165) is 22.6 Å². The van der Waals surface area contributed by atoms with Gasteiger partial charge in [0.25, 0.3) is 0 Å². The number of Topliss-reactive ketones (excluding diaryl/α,β-unsaturated/α-hetero) is 1. The smallest absolute Gasteiger partial charge is 0.234 e. The van der Waals surface area contributed by atoms with Gasteiger partial charge in [-0.3, -0.25) is 9.59 Å². The average Bonchev–Trinajstić information content (AvgIpc) is 2.57. The molecule has 0 atom stereocenters. The summed E-state index contributed by atoms with van der Waals surface area (Å²) in [7, 11) is 1.60. The zero-order chi connectivity index (χ0) is 18.4. The largest absolute Gasteiger partial charge is 0.496 e. The van der Waals surface area contributed by atoms with E-state index in [-0.39, 0.29) is 11.7 Å². The molecule has 5 heteroatoms.